The van der Waals surface area contributed by atoms with E-state index in [9.17, 15) is 29.1 Å². The van der Waals surface area contributed by atoms with Crippen molar-refractivity contribution < 1.29 is 24.3 Å². The van der Waals surface area contributed by atoms with Crippen LogP contribution in [0.3, 0.4) is 0 Å². The number of nitrogens with zero attached hydrogens (tertiary/aromatic N) is 2. The molecule has 0 aliphatic carbocycles. The van der Waals surface area contributed by atoms with Crippen LogP contribution in [0.25, 0.3) is 6.08 Å². The number of aromatic nitrogens is 1. The summed E-state index contributed by atoms with van der Waals surface area (Å²) in [5.74, 6) is -3.72. The number of nitrogens with two attached hydrogens (primary N) is 2. The molecule has 0 spiro atoms. The Morgan fingerprint density at radius 1 is 1.00 bits per heavy atom. The van der Waals surface area contributed by atoms with Gasteiger partial charge in [0.1, 0.15) is 11.1 Å². The van der Waals surface area contributed by atoms with E-state index in [1.165, 1.54) is 32.1 Å². The van der Waals surface area contributed by atoms with Gasteiger partial charge in [-0.2, -0.15) is 0 Å². The average Bonchev–Trinajstić information content (AvgIpc) is 2.66. The molecule has 0 unspecified atom stereocenters. The van der Waals surface area contributed by atoms with Crippen molar-refractivity contribution in [2.24, 2.45) is 11.5 Å². The molecule has 10 heteroatoms. The van der Waals surface area contributed by atoms with Crippen molar-refractivity contribution in [3.05, 3.63) is 55.9 Å². The monoisotopic (exact) mass is 428 g/mol. The molecule has 5 N–H and O–H groups in total. The number of carbonyl (C=O) groups is 4. The third kappa shape index (κ3) is 3.91. The van der Waals surface area contributed by atoms with Gasteiger partial charge in [0.15, 0.2) is 0 Å². The van der Waals surface area contributed by atoms with Gasteiger partial charge in [-0.05, 0) is 51.0 Å². The first kappa shape index (κ1) is 23.3. The molecule has 0 atom stereocenters. The van der Waals surface area contributed by atoms with Crippen LogP contribution in [0.2, 0.25) is 0 Å². The number of carbonyl (C=O) groups excluding carboxylic acids is 4. The van der Waals surface area contributed by atoms with Crippen molar-refractivity contribution in [1.29, 1.82) is 0 Å². The number of hydrogen-bond acceptors (Lipinski definition) is 6. The van der Waals surface area contributed by atoms with E-state index in [-0.39, 0.29) is 46.5 Å². The number of imide groups is 1. The largest absolute Gasteiger partial charge is 0.494 e. The average molecular weight is 428 g/mol. The minimum Gasteiger partial charge on any atom is -0.494 e. The fraction of sp³-hybridized carbons (Fsp3) is 0.286. The molecule has 164 valence electrons. The normalized spacial score (nSPS) is 16.0. The summed E-state index contributed by atoms with van der Waals surface area (Å²) in [5, 5.41) is 10.2. The van der Waals surface area contributed by atoms with Crippen molar-refractivity contribution in [1.82, 2.24) is 9.47 Å². The topological polar surface area (TPSA) is 166 Å². The lowest BCUT2D eigenvalue weighted by atomic mass is 9.93. The summed E-state index contributed by atoms with van der Waals surface area (Å²) in [6.45, 7) is 6.25. The van der Waals surface area contributed by atoms with E-state index in [0.29, 0.717) is 0 Å². The standard InChI is InChI=1S/C21H24N4O6/c1-5-24-18(28)12(10(3)14(16(22)26)20(24)30)8-7-9-13-11(4)15(17(23)27)21(31)25(6-2)19(13)29/h7-9,30H,5-6H2,1-4H3,(H2,22,26)(H2,23,27). The Balaban J connectivity index is 2.68. The maximum absolute atomic E-state index is 12.7. The molecule has 1 aliphatic rings. The molecule has 2 rings (SSSR count). The summed E-state index contributed by atoms with van der Waals surface area (Å²) in [6, 6.07) is 0. The van der Waals surface area contributed by atoms with Crippen LogP contribution in [0.15, 0.2) is 33.7 Å². The van der Waals surface area contributed by atoms with Crippen molar-refractivity contribution in [3.63, 3.8) is 0 Å². The molecule has 0 fully saturated rings. The number of likely N-dealkylation sites (N-methyl/N-ethyl adjacent to an activating group) is 1. The summed E-state index contributed by atoms with van der Waals surface area (Å²) in [4.78, 5) is 62.1. The van der Waals surface area contributed by atoms with Gasteiger partial charge in [0.05, 0.1) is 0 Å². The third-order valence-electron chi connectivity index (χ3n) is 5.10. The first-order valence-corrected chi connectivity index (χ1v) is 9.51. The molecule has 2 heterocycles. The number of aromatic hydroxyl groups is 1. The minimum absolute atomic E-state index is 0.0447. The Morgan fingerprint density at radius 2 is 1.61 bits per heavy atom. The molecule has 0 aromatic carbocycles. The van der Waals surface area contributed by atoms with Crippen LogP contribution in [-0.4, -0.2) is 44.7 Å². The Hall–Kier alpha value is -3.95. The molecular formula is C21H24N4O6. The molecule has 31 heavy (non-hydrogen) atoms. The molecule has 0 saturated heterocycles. The summed E-state index contributed by atoms with van der Waals surface area (Å²) in [6.07, 6.45) is 4.09. The van der Waals surface area contributed by atoms with Crippen LogP contribution in [0.4, 0.5) is 0 Å². The predicted molar refractivity (Wildman–Crippen MR) is 113 cm³/mol. The predicted octanol–water partition coefficient (Wildman–Crippen LogP) is 0.111. The Morgan fingerprint density at radius 3 is 2.10 bits per heavy atom. The molecular weight excluding hydrogens is 404 g/mol. The van der Waals surface area contributed by atoms with Crippen LogP contribution in [0.5, 0.6) is 5.88 Å². The fourth-order valence-electron chi connectivity index (χ4n) is 3.47. The molecule has 0 saturated carbocycles. The van der Waals surface area contributed by atoms with Crippen LogP contribution < -0.4 is 17.0 Å². The molecule has 1 aromatic heterocycles. The molecule has 0 radical (unpaired) electrons. The SMILES string of the molecule is CCN1C(=O)C(=CC=Cc2c(C)c(C(N)=O)c(O)n(CC)c2=O)C(C)=C(C(N)=O)C1=O. The number of hydrogen-bond donors (Lipinski definition) is 3. The summed E-state index contributed by atoms with van der Waals surface area (Å²) in [7, 11) is 0. The van der Waals surface area contributed by atoms with Crippen molar-refractivity contribution in [2.75, 3.05) is 6.54 Å². The van der Waals surface area contributed by atoms with Crippen molar-refractivity contribution in [2.45, 2.75) is 34.2 Å². The zero-order valence-corrected chi connectivity index (χ0v) is 17.7. The Labute approximate surface area is 178 Å². The van der Waals surface area contributed by atoms with Gasteiger partial charge >= 0.3 is 0 Å². The number of primary amides is 2. The first-order valence-electron chi connectivity index (χ1n) is 9.51. The zero-order valence-electron chi connectivity index (χ0n) is 17.7. The van der Waals surface area contributed by atoms with Crippen LogP contribution >= 0.6 is 0 Å². The summed E-state index contributed by atoms with van der Waals surface area (Å²) in [5.41, 5.74) is 10.1. The summed E-state index contributed by atoms with van der Waals surface area (Å²) < 4.78 is 1.000. The highest BCUT2D eigenvalue weighted by Gasteiger charge is 2.36. The van der Waals surface area contributed by atoms with E-state index in [4.69, 9.17) is 11.5 Å². The van der Waals surface area contributed by atoms with Crippen LogP contribution in [0.1, 0.15) is 42.3 Å². The van der Waals surface area contributed by atoms with Crippen LogP contribution in [0, 0.1) is 6.92 Å². The molecule has 0 bridgehead atoms. The molecule has 1 aliphatic heterocycles. The zero-order chi connectivity index (χ0) is 23.6. The number of amides is 4. The van der Waals surface area contributed by atoms with Gasteiger partial charge in [-0.25, -0.2) is 0 Å². The van der Waals surface area contributed by atoms with Crippen LogP contribution in [-0.2, 0) is 20.9 Å². The maximum Gasteiger partial charge on any atom is 0.266 e. The summed E-state index contributed by atoms with van der Waals surface area (Å²) >= 11 is 0. The van der Waals surface area contributed by atoms with Gasteiger partial charge in [0.25, 0.3) is 29.2 Å². The maximum atomic E-state index is 12.7. The highest BCUT2D eigenvalue weighted by atomic mass is 16.3. The third-order valence-corrected chi connectivity index (χ3v) is 5.10. The second-order valence-corrected chi connectivity index (χ2v) is 6.81. The second-order valence-electron chi connectivity index (χ2n) is 6.81. The number of rotatable bonds is 6. The van der Waals surface area contributed by atoms with E-state index in [1.54, 1.807) is 13.8 Å². The molecule has 4 amide bonds. The van der Waals surface area contributed by atoms with E-state index < -0.39 is 35.1 Å². The Kier molecular flexibility index (Phi) is 6.64. The minimum atomic E-state index is -0.949. The Bertz CT molecular complexity index is 1150. The van der Waals surface area contributed by atoms with E-state index >= 15 is 0 Å². The lowest BCUT2D eigenvalue weighted by Crippen LogP contribution is -2.45. The van der Waals surface area contributed by atoms with Gasteiger partial charge in [-0.3, -0.25) is 33.4 Å². The van der Waals surface area contributed by atoms with E-state index in [2.05, 4.69) is 0 Å². The number of pyridine rings is 1. The van der Waals surface area contributed by atoms with Crippen molar-refractivity contribution >= 4 is 29.7 Å². The highest BCUT2D eigenvalue weighted by Crippen LogP contribution is 2.26. The molecule has 10 nitrogen and oxygen atoms in total. The van der Waals surface area contributed by atoms with E-state index in [1.807, 2.05) is 0 Å². The van der Waals surface area contributed by atoms with Gasteiger partial charge in [0, 0.05) is 24.2 Å². The van der Waals surface area contributed by atoms with Gasteiger partial charge in [0.2, 0.25) is 5.88 Å². The lowest BCUT2D eigenvalue weighted by molar-refractivity contribution is -0.141. The lowest BCUT2D eigenvalue weighted by Gasteiger charge is -2.27. The van der Waals surface area contributed by atoms with Gasteiger partial charge < -0.3 is 16.6 Å². The van der Waals surface area contributed by atoms with Crippen molar-refractivity contribution in [3.8, 4) is 5.88 Å². The first-order chi connectivity index (χ1) is 14.5. The van der Waals surface area contributed by atoms with Gasteiger partial charge in [-0.15, -0.1) is 0 Å². The fourth-order valence-corrected chi connectivity index (χ4v) is 3.47. The highest BCUT2D eigenvalue weighted by molar-refractivity contribution is 6.27. The van der Waals surface area contributed by atoms with E-state index in [0.717, 1.165) is 9.47 Å². The second kappa shape index (κ2) is 8.82. The molecule has 1 aromatic rings. The quantitative estimate of drug-likeness (QED) is 0.330. The number of allylic oxidation sites excluding steroid dienone is 2. The van der Waals surface area contributed by atoms with Gasteiger partial charge in [-0.1, -0.05) is 6.08 Å². The smallest absolute Gasteiger partial charge is 0.266 e.